The van der Waals surface area contributed by atoms with Gasteiger partial charge in [-0.15, -0.1) is 10.2 Å². The van der Waals surface area contributed by atoms with Gasteiger partial charge in [-0.3, -0.25) is 0 Å². The third kappa shape index (κ3) is 4.22. The maximum atomic E-state index is 12.4. The number of fused-ring (bicyclic) bond motifs is 1. The molecule has 0 spiro atoms. The van der Waals surface area contributed by atoms with Crippen molar-refractivity contribution < 1.29 is 13.9 Å². The first kappa shape index (κ1) is 18.9. The van der Waals surface area contributed by atoms with E-state index >= 15 is 0 Å². The molecule has 0 aliphatic rings. The van der Waals surface area contributed by atoms with Crippen molar-refractivity contribution in [3.05, 3.63) is 59.0 Å². The van der Waals surface area contributed by atoms with Crippen LogP contribution in [0, 0.1) is 0 Å². The van der Waals surface area contributed by atoms with E-state index in [0.717, 1.165) is 23.2 Å². The highest BCUT2D eigenvalue weighted by atomic mass is 32.1. The molecule has 2 aromatic heterocycles. The lowest BCUT2D eigenvalue weighted by Gasteiger charge is -2.06. The van der Waals surface area contributed by atoms with E-state index in [1.165, 1.54) is 11.3 Å². The second-order valence-corrected chi connectivity index (χ2v) is 7.24. The fourth-order valence-electron chi connectivity index (χ4n) is 2.74. The van der Waals surface area contributed by atoms with E-state index in [-0.39, 0.29) is 0 Å². The Labute approximate surface area is 170 Å². The number of anilines is 2. The minimum Gasteiger partial charge on any atom is -0.497 e. The number of aromatic nitrogens is 2. The van der Waals surface area contributed by atoms with E-state index in [0.29, 0.717) is 33.6 Å². The molecule has 8 heteroatoms. The van der Waals surface area contributed by atoms with E-state index in [2.05, 4.69) is 22.4 Å². The number of rotatable bonds is 7. The Kier molecular flexibility index (Phi) is 5.44. The SMILES string of the molecule is CCCOc1ccc(Nc2nnc(-c3cc4cc(OC)ccc4oc3=O)s2)cc1. The van der Waals surface area contributed by atoms with Gasteiger partial charge in [0.25, 0.3) is 0 Å². The van der Waals surface area contributed by atoms with E-state index in [4.69, 9.17) is 13.9 Å². The van der Waals surface area contributed by atoms with Gasteiger partial charge in [-0.05, 0) is 55.0 Å². The van der Waals surface area contributed by atoms with Gasteiger partial charge in [0, 0.05) is 11.1 Å². The molecular formula is C21H19N3O4S. The molecule has 7 nitrogen and oxygen atoms in total. The van der Waals surface area contributed by atoms with Crippen LogP contribution in [0.1, 0.15) is 13.3 Å². The molecule has 148 valence electrons. The van der Waals surface area contributed by atoms with Crippen molar-refractivity contribution in [1.82, 2.24) is 10.2 Å². The van der Waals surface area contributed by atoms with Crippen LogP contribution in [-0.4, -0.2) is 23.9 Å². The molecule has 0 radical (unpaired) electrons. The van der Waals surface area contributed by atoms with E-state index < -0.39 is 5.63 Å². The van der Waals surface area contributed by atoms with Crippen LogP contribution in [0.25, 0.3) is 21.5 Å². The molecule has 0 bridgehead atoms. The summed E-state index contributed by atoms with van der Waals surface area (Å²) in [7, 11) is 1.59. The fourth-order valence-corrected chi connectivity index (χ4v) is 3.51. The predicted molar refractivity (Wildman–Crippen MR) is 113 cm³/mol. The molecule has 0 atom stereocenters. The second-order valence-electron chi connectivity index (χ2n) is 6.26. The van der Waals surface area contributed by atoms with Crippen LogP contribution in [0.3, 0.4) is 0 Å². The van der Waals surface area contributed by atoms with Gasteiger partial charge in [-0.2, -0.15) is 0 Å². The first-order valence-electron chi connectivity index (χ1n) is 9.12. The van der Waals surface area contributed by atoms with Gasteiger partial charge in [0.05, 0.1) is 19.3 Å². The summed E-state index contributed by atoms with van der Waals surface area (Å²) in [4.78, 5) is 12.4. The molecular weight excluding hydrogens is 390 g/mol. The Hall–Kier alpha value is -3.39. The first-order chi connectivity index (χ1) is 14.2. The molecule has 4 aromatic rings. The lowest BCUT2D eigenvalue weighted by Crippen LogP contribution is -2.02. The standard InChI is InChI=1S/C21H19N3O4S/c1-3-10-27-15-6-4-14(5-7-15)22-21-24-23-19(29-21)17-12-13-11-16(26-2)8-9-18(13)28-20(17)25/h4-9,11-12H,3,10H2,1-2H3,(H,22,24). The van der Waals surface area contributed by atoms with Crippen LogP contribution in [0.5, 0.6) is 11.5 Å². The van der Waals surface area contributed by atoms with Crippen LogP contribution in [0.15, 0.2) is 57.7 Å². The lowest BCUT2D eigenvalue weighted by atomic mass is 10.2. The zero-order chi connectivity index (χ0) is 20.2. The third-order valence-electron chi connectivity index (χ3n) is 4.17. The normalized spacial score (nSPS) is 10.8. The van der Waals surface area contributed by atoms with E-state index in [9.17, 15) is 4.79 Å². The van der Waals surface area contributed by atoms with Gasteiger partial charge < -0.3 is 19.2 Å². The molecule has 0 aliphatic carbocycles. The molecule has 0 unspecified atom stereocenters. The number of hydrogen-bond acceptors (Lipinski definition) is 8. The topological polar surface area (TPSA) is 86.5 Å². The number of methoxy groups -OCH3 is 1. The van der Waals surface area contributed by atoms with Gasteiger partial charge in [-0.1, -0.05) is 18.3 Å². The Morgan fingerprint density at radius 2 is 1.86 bits per heavy atom. The monoisotopic (exact) mass is 409 g/mol. The Bertz CT molecular complexity index is 1180. The quantitative estimate of drug-likeness (QED) is 0.437. The highest BCUT2D eigenvalue weighted by molar-refractivity contribution is 7.18. The zero-order valence-corrected chi connectivity index (χ0v) is 16.8. The smallest absolute Gasteiger partial charge is 0.346 e. The maximum absolute atomic E-state index is 12.4. The van der Waals surface area contributed by atoms with Crippen molar-refractivity contribution in [3.63, 3.8) is 0 Å². The lowest BCUT2D eigenvalue weighted by molar-refractivity contribution is 0.317. The largest absolute Gasteiger partial charge is 0.497 e. The Balaban J connectivity index is 1.57. The average molecular weight is 409 g/mol. The van der Waals surface area contributed by atoms with Gasteiger partial charge in [0.15, 0.2) is 5.01 Å². The molecule has 2 aromatic carbocycles. The molecule has 2 heterocycles. The minimum absolute atomic E-state index is 0.361. The summed E-state index contributed by atoms with van der Waals surface area (Å²) in [6.45, 7) is 2.75. The summed E-state index contributed by atoms with van der Waals surface area (Å²) in [6, 6.07) is 14.6. The Morgan fingerprint density at radius 3 is 2.62 bits per heavy atom. The van der Waals surface area contributed by atoms with Crippen LogP contribution >= 0.6 is 11.3 Å². The number of benzene rings is 2. The highest BCUT2D eigenvalue weighted by Gasteiger charge is 2.14. The van der Waals surface area contributed by atoms with Crippen LogP contribution < -0.4 is 20.4 Å². The molecule has 0 fully saturated rings. The first-order valence-corrected chi connectivity index (χ1v) is 9.93. The van der Waals surface area contributed by atoms with Gasteiger partial charge in [0.1, 0.15) is 17.1 Å². The zero-order valence-electron chi connectivity index (χ0n) is 16.0. The molecule has 0 saturated carbocycles. The summed E-state index contributed by atoms with van der Waals surface area (Å²) < 4.78 is 16.2. The second kappa shape index (κ2) is 8.32. The van der Waals surface area contributed by atoms with Crippen LogP contribution in [-0.2, 0) is 0 Å². The van der Waals surface area contributed by atoms with E-state index in [1.54, 1.807) is 25.3 Å². The number of hydrogen-bond donors (Lipinski definition) is 1. The summed E-state index contributed by atoms with van der Waals surface area (Å²) in [5, 5.41) is 13.3. The minimum atomic E-state index is -0.456. The summed E-state index contributed by atoms with van der Waals surface area (Å²) in [5.41, 5.74) is 1.25. The van der Waals surface area contributed by atoms with Crippen molar-refractivity contribution in [2.45, 2.75) is 13.3 Å². The van der Waals surface area contributed by atoms with Crippen molar-refractivity contribution in [2.24, 2.45) is 0 Å². The van der Waals surface area contributed by atoms with Crippen molar-refractivity contribution in [3.8, 4) is 22.1 Å². The van der Waals surface area contributed by atoms with Crippen molar-refractivity contribution >= 4 is 33.1 Å². The van der Waals surface area contributed by atoms with Gasteiger partial charge in [-0.25, -0.2) is 4.79 Å². The van der Waals surface area contributed by atoms with Crippen molar-refractivity contribution in [1.29, 1.82) is 0 Å². The average Bonchev–Trinajstić information content (AvgIpc) is 3.20. The number of nitrogens with one attached hydrogen (secondary N) is 1. The fraction of sp³-hybridized carbons (Fsp3) is 0.190. The molecule has 0 aliphatic heterocycles. The summed E-state index contributed by atoms with van der Waals surface area (Å²) >= 11 is 1.28. The Morgan fingerprint density at radius 1 is 1.07 bits per heavy atom. The summed E-state index contributed by atoms with van der Waals surface area (Å²) in [5.74, 6) is 1.50. The molecule has 29 heavy (non-hydrogen) atoms. The molecule has 4 rings (SSSR count). The van der Waals surface area contributed by atoms with Gasteiger partial charge >= 0.3 is 5.63 Å². The van der Waals surface area contributed by atoms with Crippen LogP contribution in [0.4, 0.5) is 10.8 Å². The van der Waals surface area contributed by atoms with Crippen LogP contribution in [0.2, 0.25) is 0 Å². The van der Waals surface area contributed by atoms with Crippen molar-refractivity contribution in [2.75, 3.05) is 19.0 Å². The van der Waals surface area contributed by atoms with Gasteiger partial charge in [0.2, 0.25) is 5.13 Å². The summed E-state index contributed by atoms with van der Waals surface area (Å²) in [6.07, 6.45) is 0.961. The molecule has 0 saturated heterocycles. The number of ether oxygens (including phenoxy) is 2. The maximum Gasteiger partial charge on any atom is 0.346 e. The molecule has 0 amide bonds. The van der Waals surface area contributed by atoms with E-state index in [1.807, 2.05) is 30.3 Å². The molecule has 1 N–H and O–H groups in total. The highest BCUT2D eigenvalue weighted by Crippen LogP contribution is 2.29. The number of nitrogens with zero attached hydrogens (tertiary/aromatic N) is 2. The predicted octanol–water partition coefficient (Wildman–Crippen LogP) is 4.85. The third-order valence-corrected chi connectivity index (χ3v) is 5.05.